The first kappa shape index (κ1) is 15.3. The summed E-state index contributed by atoms with van der Waals surface area (Å²) in [4.78, 5) is 0.135. The molecule has 21 heavy (non-hydrogen) atoms. The number of sulfonamides is 1. The molecule has 2 aliphatic rings. The fourth-order valence-electron chi connectivity index (χ4n) is 3.80. The van der Waals surface area contributed by atoms with Crippen LogP contribution in [0.2, 0.25) is 5.02 Å². The molecule has 3 unspecified atom stereocenters. The molecule has 6 heteroatoms. The Hall–Kier alpha value is -0.620. The molecule has 0 spiro atoms. The highest BCUT2D eigenvalue weighted by Gasteiger charge is 2.39. The molecule has 0 aliphatic heterocycles. The van der Waals surface area contributed by atoms with E-state index in [0.29, 0.717) is 24.9 Å². The van der Waals surface area contributed by atoms with Gasteiger partial charge in [0, 0.05) is 13.1 Å². The molecular formula is C15H21ClN2O2S. The first-order chi connectivity index (χ1) is 9.99. The predicted octanol–water partition coefficient (Wildman–Crippen LogP) is 2.51. The third-order valence-corrected chi connectivity index (χ3v) is 6.85. The van der Waals surface area contributed by atoms with Crippen molar-refractivity contribution >= 4 is 21.6 Å². The topological polar surface area (TPSA) is 72.2 Å². The Balaban J connectivity index is 1.72. The minimum Gasteiger partial charge on any atom is -0.326 e. The molecular weight excluding hydrogens is 308 g/mol. The Morgan fingerprint density at radius 3 is 2.71 bits per heavy atom. The molecule has 116 valence electrons. The van der Waals surface area contributed by atoms with E-state index in [1.165, 1.54) is 19.3 Å². The van der Waals surface area contributed by atoms with E-state index in [2.05, 4.69) is 4.72 Å². The largest absolute Gasteiger partial charge is 0.326 e. The van der Waals surface area contributed by atoms with E-state index in [-0.39, 0.29) is 9.92 Å². The van der Waals surface area contributed by atoms with E-state index in [9.17, 15) is 8.42 Å². The summed E-state index contributed by atoms with van der Waals surface area (Å²) in [5.41, 5.74) is 6.33. The van der Waals surface area contributed by atoms with Gasteiger partial charge >= 0.3 is 0 Å². The van der Waals surface area contributed by atoms with Gasteiger partial charge in [-0.15, -0.1) is 0 Å². The number of hydrogen-bond donors (Lipinski definition) is 2. The fourth-order valence-corrected chi connectivity index (χ4v) is 5.44. The summed E-state index contributed by atoms with van der Waals surface area (Å²) in [6, 6.07) is 4.90. The van der Waals surface area contributed by atoms with Gasteiger partial charge in [0.1, 0.15) is 4.90 Å². The maximum Gasteiger partial charge on any atom is 0.242 e. The molecule has 2 saturated carbocycles. The highest BCUT2D eigenvalue weighted by atomic mass is 35.5. The highest BCUT2D eigenvalue weighted by molar-refractivity contribution is 7.89. The van der Waals surface area contributed by atoms with Gasteiger partial charge in [0.05, 0.1) is 5.02 Å². The normalized spacial score (nSPS) is 28.2. The summed E-state index contributed by atoms with van der Waals surface area (Å²) in [6.07, 6.45) is 5.00. The van der Waals surface area contributed by atoms with E-state index < -0.39 is 10.0 Å². The Morgan fingerprint density at radius 2 is 2.10 bits per heavy atom. The van der Waals surface area contributed by atoms with Crippen LogP contribution >= 0.6 is 11.6 Å². The van der Waals surface area contributed by atoms with Crippen LogP contribution in [0.4, 0.5) is 0 Å². The minimum atomic E-state index is -3.57. The van der Waals surface area contributed by atoms with E-state index >= 15 is 0 Å². The Labute approximate surface area is 131 Å². The van der Waals surface area contributed by atoms with Crippen LogP contribution in [0.5, 0.6) is 0 Å². The van der Waals surface area contributed by atoms with Crippen LogP contribution in [0.25, 0.3) is 0 Å². The van der Waals surface area contributed by atoms with Gasteiger partial charge in [-0.25, -0.2) is 13.1 Å². The zero-order valence-electron chi connectivity index (χ0n) is 11.9. The molecule has 0 radical (unpaired) electrons. The first-order valence-corrected chi connectivity index (χ1v) is 9.34. The van der Waals surface area contributed by atoms with E-state index in [4.69, 9.17) is 17.3 Å². The molecule has 0 amide bonds. The van der Waals surface area contributed by atoms with Crippen molar-refractivity contribution in [3.8, 4) is 0 Å². The van der Waals surface area contributed by atoms with E-state index in [1.807, 2.05) is 0 Å². The van der Waals surface area contributed by atoms with Crippen LogP contribution in [0.15, 0.2) is 23.1 Å². The standard InChI is InChI=1S/C15H21ClN2O2S/c16-14-4-2-11(8-17)7-15(14)21(19,20)18-9-13-6-10-1-3-12(13)5-10/h2,4,7,10,12-13,18H,1,3,5-6,8-9,17H2. The lowest BCUT2D eigenvalue weighted by Crippen LogP contribution is -2.31. The minimum absolute atomic E-state index is 0.135. The van der Waals surface area contributed by atoms with Crippen LogP contribution in [-0.4, -0.2) is 15.0 Å². The quantitative estimate of drug-likeness (QED) is 0.872. The number of benzene rings is 1. The number of rotatable bonds is 5. The van der Waals surface area contributed by atoms with Crippen LogP contribution in [0.1, 0.15) is 31.2 Å². The van der Waals surface area contributed by atoms with Gasteiger partial charge in [-0.1, -0.05) is 24.1 Å². The molecule has 2 aliphatic carbocycles. The van der Waals surface area contributed by atoms with Gasteiger partial charge in [-0.05, 0) is 54.7 Å². The average molecular weight is 329 g/mol. The van der Waals surface area contributed by atoms with Crippen molar-refractivity contribution in [2.75, 3.05) is 6.54 Å². The summed E-state index contributed by atoms with van der Waals surface area (Å²) < 4.78 is 27.6. The average Bonchev–Trinajstić information content (AvgIpc) is 3.08. The molecule has 2 fully saturated rings. The molecule has 3 rings (SSSR count). The molecule has 3 atom stereocenters. The van der Waals surface area contributed by atoms with Gasteiger partial charge in [-0.3, -0.25) is 0 Å². The third-order valence-electron chi connectivity index (χ3n) is 4.94. The SMILES string of the molecule is NCc1ccc(Cl)c(S(=O)(=O)NCC2CC3CCC2C3)c1. The highest BCUT2D eigenvalue weighted by Crippen LogP contribution is 2.48. The van der Waals surface area contributed by atoms with Crippen molar-refractivity contribution in [2.45, 2.75) is 37.1 Å². The lowest BCUT2D eigenvalue weighted by molar-refractivity contribution is 0.333. The van der Waals surface area contributed by atoms with Crippen LogP contribution < -0.4 is 10.5 Å². The first-order valence-electron chi connectivity index (χ1n) is 7.48. The Kier molecular flexibility index (Phi) is 4.28. The third kappa shape index (κ3) is 3.11. The second-order valence-electron chi connectivity index (χ2n) is 6.26. The molecule has 0 aromatic heterocycles. The van der Waals surface area contributed by atoms with Crippen LogP contribution in [0.3, 0.4) is 0 Å². The van der Waals surface area contributed by atoms with Crippen LogP contribution in [0, 0.1) is 17.8 Å². The van der Waals surface area contributed by atoms with E-state index in [1.54, 1.807) is 18.2 Å². The predicted molar refractivity (Wildman–Crippen MR) is 83.5 cm³/mol. The number of nitrogens with one attached hydrogen (secondary N) is 1. The number of hydrogen-bond acceptors (Lipinski definition) is 3. The Bertz CT molecular complexity index is 633. The fraction of sp³-hybridized carbons (Fsp3) is 0.600. The van der Waals surface area contributed by atoms with Crippen molar-refractivity contribution in [2.24, 2.45) is 23.5 Å². The smallest absolute Gasteiger partial charge is 0.242 e. The molecule has 4 nitrogen and oxygen atoms in total. The van der Waals surface area contributed by atoms with Crippen molar-refractivity contribution in [3.63, 3.8) is 0 Å². The second-order valence-corrected chi connectivity index (χ2v) is 8.40. The molecule has 1 aromatic carbocycles. The van der Waals surface area contributed by atoms with Crippen molar-refractivity contribution < 1.29 is 8.42 Å². The monoisotopic (exact) mass is 328 g/mol. The maximum absolute atomic E-state index is 12.4. The van der Waals surface area contributed by atoms with E-state index in [0.717, 1.165) is 17.9 Å². The molecule has 3 N–H and O–H groups in total. The van der Waals surface area contributed by atoms with Crippen molar-refractivity contribution in [1.82, 2.24) is 4.72 Å². The zero-order chi connectivity index (χ0) is 15.0. The lowest BCUT2D eigenvalue weighted by atomic mass is 9.89. The van der Waals surface area contributed by atoms with Gasteiger partial charge in [0.2, 0.25) is 10.0 Å². The van der Waals surface area contributed by atoms with Crippen molar-refractivity contribution in [3.05, 3.63) is 28.8 Å². The second kappa shape index (κ2) is 5.88. The number of fused-ring (bicyclic) bond motifs is 2. The van der Waals surface area contributed by atoms with Gasteiger partial charge in [-0.2, -0.15) is 0 Å². The van der Waals surface area contributed by atoms with Gasteiger partial charge < -0.3 is 5.73 Å². The van der Waals surface area contributed by atoms with Gasteiger partial charge in [0.15, 0.2) is 0 Å². The summed E-state index contributed by atoms with van der Waals surface area (Å²) in [5.74, 6) is 1.99. The number of nitrogens with two attached hydrogens (primary N) is 1. The summed E-state index contributed by atoms with van der Waals surface area (Å²) in [7, 11) is -3.57. The molecule has 2 bridgehead atoms. The van der Waals surface area contributed by atoms with Gasteiger partial charge in [0.25, 0.3) is 0 Å². The summed E-state index contributed by atoms with van der Waals surface area (Å²) in [5, 5.41) is 0.243. The van der Waals surface area contributed by atoms with Crippen LogP contribution in [-0.2, 0) is 16.6 Å². The molecule has 1 aromatic rings. The number of halogens is 1. The molecule has 0 heterocycles. The lowest BCUT2D eigenvalue weighted by Gasteiger charge is -2.22. The van der Waals surface area contributed by atoms with Crippen molar-refractivity contribution in [1.29, 1.82) is 0 Å². The summed E-state index contributed by atoms with van der Waals surface area (Å²) >= 11 is 6.04. The summed E-state index contributed by atoms with van der Waals surface area (Å²) in [6.45, 7) is 0.818. The zero-order valence-corrected chi connectivity index (χ0v) is 13.5. The Morgan fingerprint density at radius 1 is 1.29 bits per heavy atom. The molecule has 0 saturated heterocycles. The maximum atomic E-state index is 12.4.